The Morgan fingerprint density at radius 1 is 1.00 bits per heavy atom. The quantitative estimate of drug-likeness (QED) is 0.797. The number of carbonyl (C=O) groups excluding carboxylic acids is 1. The molecule has 0 atom stereocenters. The number of amides is 1. The number of piperazine rings is 1. The van der Waals surface area contributed by atoms with E-state index in [0.29, 0.717) is 23.7 Å². The molecule has 2 aromatic carbocycles. The van der Waals surface area contributed by atoms with Crippen LogP contribution in [0, 0.1) is 6.92 Å². The van der Waals surface area contributed by atoms with E-state index < -0.39 is 0 Å². The van der Waals surface area contributed by atoms with Crippen molar-refractivity contribution in [3.63, 3.8) is 0 Å². The van der Waals surface area contributed by atoms with Crippen molar-refractivity contribution in [1.82, 2.24) is 9.80 Å². The predicted octanol–water partition coefficient (Wildman–Crippen LogP) is 2.77. The Labute approximate surface area is 167 Å². The molecule has 6 nitrogen and oxygen atoms in total. The maximum Gasteiger partial charge on any atom is 0.238 e. The normalized spacial score (nSPS) is 15.2. The van der Waals surface area contributed by atoms with E-state index in [9.17, 15) is 4.79 Å². The Kier molecular flexibility index (Phi) is 6.90. The van der Waals surface area contributed by atoms with Gasteiger partial charge in [-0.05, 0) is 30.2 Å². The van der Waals surface area contributed by atoms with Crippen LogP contribution in [0.1, 0.15) is 11.1 Å². The second-order valence-electron chi connectivity index (χ2n) is 7.09. The Morgan fingerprint density at radius 2 is 1.71 bits per heavy atom. The molecule has 0 unspecified atom stereocenters. The van der Waals surface area contributed by atoms with Gasteiger partial charge in [0.15, 0.2) is 0 Å². The third kappa shape index (κ3) is 5.24. The third-order valence-corrected chi connectivity index (χ3v) is 5.17. The first-order chi connectivity index (χ1) is 13.6. The molecule has 0 spiro atoms. The fraction of sp³-hybridized carbons (Fsp3) is 0.409. The summed E-state index contributed by atoms with van der Waals surface area (Å²) in [5, 5.41) is 2.94. The van der Waals surface area contributed by atoms with Gasteiger partial charge in [0.05, 0.1) is 26.5 Å². The Bertz CT molecular complexity index is 801. The predicted molar refractivity (Wildman–Crippen MR) is 111 cm³/mol. The lowest BCUT2D eigenvalue weighted by atomic mass is 10.1. The minimum absolute atomic E-state index is 0.0316. The molecule has 1 aliphatic rings. The van der Waals surface area contributed by atoms with Crippen LogP contribution < -0.4 is 14.8 Å². The Morgan fingerprint density at radius 3 is 2.39 bits per heavy atom. The average Bonchev–Trinajstić information content (AvgIpc) is 2.71. The smallest absolute Gasteiger partial charge is 0.238 e. The van der Waals surface area contributed by atoms with E-state index >= 15 is 0 Å². The van der Waals surface area contributed by atoms with Gasteiger partial charge in [0, 0.05) is 38.8 Å². The number of carbonyl (C=O) groups is 1. The van der Waals surface area contributed by atoms with Gasteiger partial charge in [0.1, 0.15) is 11.5 Å². The number of nitrogens with zero attached hydrogens (tertiary/aromatic N) is 2. The summed E-state index contributed by atoms with van der Waals surface area (Å²) in [4.78, 5) is 17.1. The van der Waals surface area contributed by atoms with Gasteiger partial charge in [0.2, 0.25) is 5.91 Å². The van der Waals surface area contributed by atoms with Gasteiger partial charge in [-0.2, -0.15) is 0 Å². The van der Waals surface area contributed by atoms with Gasteiger partial charge in [0.25, 0.3) is 0 Å². The lowest BCUT2D eigenvalue weighted by Gasteiger charge is -2.34. The third-order valence-electron chi connectivity index (χ3n) is 5.17. The summed E-state index contributed by atoms with van der Waals surface area (Å²) in [7, 11) is 3.18. The molecule has 1 saturated heterocycles. The number of benzene rings is 2. The zero-order valence-electron chi connectivity index (χ0n) is 16.9. The van der Waals surface area contributed by atoms with Crippen molar-refractivity contribution in [2.45, 2.75) is 13.5 Å². The van der Waals surface area contributed by atoms with E-state index in [2.05, 4.69) is 46.3 Å². The summed E-state index contributed by atoms with van der Waals surface area (Å²) < 4.78 is 10.5. The summed E-state index contributed by atoms with van der Waals surface area (Å²) in [6, 6.07) is 13.9. The molecule has 3 rings (SSSR count). The second kappa shape index (κ2) is 9.57. The molecule has 6 heteroatoms. The van der Waals surface area contributed by atoms with Gasteiger partial charge in [-0.25, -0.2) is 0 Å². The van der Waals surface area contributed by atoms with E-state index in [1.807, 2.05) is 6.07 Å². The van der Waals surface area contributed by atoms with Crippen molar-refractivity contribution in [2.75, 3.05) is 52.3 Å². The molecule has 0 bridgehead atoms. The molecule has 1 fully saturated rings. The van der Waals surface area contributed by atoms with Crippen LogP contribution in [0.2, 0.25) is 0 Å². The largest absolute Gasteiger partial charge is 0.497 e. The van der Waals surface area contributed by atoms with E-state index in [4.69, 9.17) is 9.47 Å². The highest BCUT2D eigenvalue weighted by Crippen LogP contribution is 2.29. The summed E-state index contributed by atoms with van der Waals surface area (Å²) in [5.74, 6) is 1.26. The number of ether oxygens (including phenoxy) is 2. The number of methoxy groups -OCH3 is 2. The Balaban J connectivity index is 1.48. The van der Waals surface area contributed by atoms with Crippen molar-refractivity contribution >= 4 is 11.6 Å². The van der Waals surface area contributed by atoms with Crippen molar-refractivity contribution in [3.05, 3.63) is 53.6 Å². The fourth-order valence-electron chi connectivity index (χ4n) is 3.43. The molecule has 2 aromatic rings. The van der Waals surface area contributed by atoms with Crippen molar-refractivity contribution < 1.29 is 14.3 Å². The molecule has 1 heterocycles. The summed E-state index contributed by atoms with van der Waals surface area (Å²) in [6.45, 7) is 7.21. The second-order valence-corrected chi connectivity index (χ2v) is 7.09. The molecule has 28 heavy (non-hydrogen) atoms. The van der Waals surface area contributed by atoms with Gasteiger partial charge in [-0.15, -0.1) is 0 Å². The van der Waals surface area contributed by atoms with Crippen LogP contribution in [0.4, 0.5) is 5.69 Å². The van der Waals surface area contributed by atoms with E-state index in [1.54, 1.807) is 26.4 Å². The summed E-state index contributed by atoms with van der Waals surface area (Å²) in [6.07, 6.45) is 0. The number of anilines is 1. The topological polar surface area (TPSA) is 54.0 Å². The average molecular weight is 383 g/mol. The van der Waals surface area contributed by atoms with Gasteiger partial charge < -0.3 is 14.8 Å². The minimum Gasteiger partial charge on any atom is -0.497 e. The van der Waals surface area contributed by atoms with Crippen LogP contribution in [-0.4, -0.2) is 62.7 Å². The first kappa shape index (κ1) is 20.2. The molecular formula is C22H29N3O3. The Hall–Kier alpha value is -2.57. The number of aryl methyl sites for hydroxylation is 1. The zero-order valence-corrected chi connectivity index (χ0v) is 16.9. The highest BCUT2D eigenvalue weighted by Gasteiger charge is 2.20. The molecule has 0 aliphatic carbocycles. The molecule has 0 saturated carbocycles. The van der Waals surface area contributed by atoms with Crippen LogP contribution in [0.25, 0.3) is 0 Å². The SMILES string of the molecule is COc1ccc(NC(=O)CN2CCN(Cc3ccccc3C)CC2)c(OC)c1. The monoisotopic (exact) mass is 383 g/mol. The molecule has 0 aromatic heterocycles. The maximum atomic E-state index is 12.5. The van der Waals surface area contributed by atoms with Crippen molar-refractivity contribution in [3.8, 4) is 11.5 Å². The van der Waals surface area contributed by atoms with Crippen LogP contribution in [0.15, 0.2) is 42.5 Å². The lowest BCUT2D eigenvalue weighted by molar-refractivity contribution is -0.117. The standard InChI is InChI=1S/C22H29N3O3/c1-17-6-4-5-7-18(17)15-24-10-12-25(13-11-24)16-22(26)23-20-9-8-19(27-2)14-21(20)28-3/h4-9,14H,10-13,15-16H2,1-3H3,(H,23,26). The number of rotatable bonds is 7. The fourth-order valence-corrected chi connectivity index (χ4v) is 3.43. The highest BCUT2D eigenvalue weighted by atomic mass is 16.5. The first-order valence-electron chi connectivity index (χ1n) is 9.60. The summed E-state index contributed by atoms with van der Waals surface area (Å²) in [5.41, 5.74) is 3.37. The number of hydrogen-bond acceptors (Lipinski definition) is 5. The number of nitrogens with one attached hydrogen (secondary N) is 1. The van der Waals surface area contributed by atoms with E-state index in [-0.39, 0.29) is 5.91 Å². The van der Waals surface area contributed by atoms with Gasteiger partial charge in [-0.1, -0.05) is 24.3 Å². The van der Waals surface area contributed by atoms with Crippen molar-refractivity contribution in [2.24, 2.45) is 0 Å². The minimum atomic E-state index is -0.0316. The zero-order chi connectivity index (χ0) is 19.9. The van der Waals surface area contributed by atoms with Crippen LogP contribution in [0.5, 0.6) is 11.5 Å². The van der Waals surface area contributed by atoms with E-state index in [1.165, 1.54) is 11.1 Å². The summed E-state index contributed by atoms with van der Waals surface area (Å²) >= 11 is 0. The lowest BCUT2D eigenvalue weighted by Crippen LogP contribution is -2.48. The van der Waals surface area contributed by atoms with Crippen LogP contribution in [0.3, 0.4) is 0 Å². The van der Waals surface area contributed by atoms with E-state index in [0.717, 1.165) is 32.7 Å². The van der Waals surface area contributed by atoms with Crippen LogP contribution >= 0.6 is 0 Å². The molecule has 1 aliphatic heterocycles. The molecular weight excluding hydrogens is 354 g/mol. The maximum absolute atomic E-state index is 12.5. The number of hydrogen-bond donors (Lipinski definition) is 1. The molecule has 1 amide bonds. The molecule has 1 N–H and O–H groups in total. The molecule has 150 valence electrons. The molecule has 0 radical (unpaired) electrons. The van der Waals surface area contributed by atoms with Gasteiger partial charge >= 0.3 is 0 Å². The van der Waals surface area contributed by atoms with Gasteiger partial charge in [-0.3, -0.25) is 14.6 Å². The highest BCUT2D eigenvalue weighted by molar-refractivity contribution is 5.93. The first-order valence-corrected chi connectivity index (χ1v) is 9.60. The van der Waals surface area contributed by atoms with Crippen molar-refractivity contribution in [1.29, 1.82) is 0 Å². The van der Waals surface area contributed by atoms with Crippen LogP contribution in [-0.2, 0) is 11.3 Å².